The van der Waals surface area contributed by atoms with Crippen molar-refractivity contribution < 1.29 is 9.53 Å². The van der Waals surface area contributed by atoms with E-state index in [1.54, 1.807) is 0 Å². The molecule has 0 aromatic rings. The van der Waals surface area contributed by atoms with Gasteiger partial charge in [-0.05, 0) is 40.0 Å². The van der Waals surface area contributed by atoms with Gasteiger partial charge in [0.2, 0.25) is 0 Å². The summed E-state index contributed by atoms with van der Waals surface area (Å²) in [4.78, 5) is 13.6. The molecule has 19 heavy (non-hydrogen) atoms. The van der Waals surface area contributed by atoms with Gasteiger partial charge in [-0.15, -0.1) is 0 Å². The SMILES string of the molecule is CCCCCCCOC(=O)CCNCCCN(C)C. The number of ether oxygens (including phenoxy) is 1. The molecule has 0 rings (SSSR count). The van der Waals surface area contributed by atoms with Crippen molar-refractivity contribution in [3.63, 3.8) is 0 Å². The molecule has 4 heteroatoms. The van der Waals surface area contributed by atoms with E-state index in [1.165, 1.54) is 25.7 Å². The molecule has 0 atom stereocenters. The second kappa shape index (κ2) is 13.8. The number of nitrogens with zero attached hydrogens (tertiary/aromatic N) is 1. The predicted molar refractivity (Wildman–Crippen MR) is 80.4 cm³/mol. The molecule has 0 radical (unpaired) electrons. The molecule has 0 amide bonds. The van der Waals surface area contributed by atoms with Crippen LogP contribution < -0.4 is 5.32 Å². The number of hydrogen-bond acceptors (Lipinski definition) is 4. The lowest BCUT2D eigenvalue weighted by Crippen LogP contribution is -2.24. The lowest BCUT2D eigenvalue weighted by Gasteiger charge is -2.09. The van der Waals surface area contributed by atoms with Crippen LogP contribution in [0.25, 0.3) is 0 Å². The van der Waals surface area contributed by atoms with Crippen molar-refractivity contribution in [1.82, 2.24) is 10.2 Å². The first-order valence-corrected chi connectivity index (χ1v) is 7.68. The van der Waals surface area contributed by atoms with Crippen molar-refractivity contribution in [3.8, 4) is 0 Å². The first-order chi connectivity index (χ1) is 9.16. The molecule has 0 aliphatic heterocycles. The second-order valence-electron chi connectivity index (χ2n) is 5.29. The first kappa shape index (κ1) is 18.4. The summed E-state index contributed by atoms with van der Waals surface area (Å²) in [7, 11) is 4.13. The Balaban J connectivity index is 3.17. The van der Waals surface area contributed by atoms with Crippen LogP contribution >= 0.6 is 0 Å². The Morgan fingerprint density at radius 3 is 2.47 bits per heavy atom. The maximum Gasteiger partial charge on any atom is 0.307 e. The monoisotopic (exact) mass is 272 g/mol. The van der Waals surface area contributed by atoms with Gasteiger partial charge in [0.1, 0.15) is 0 Å². The number of hydrogen-bond donors (Lipinski definition) is 1. The van der Waals surface area contributed by atoms with E-state index in [0.29, 0.717) is 13.0 Å². The summed E-state index contributed by atoms with van der Waals surface area (Å²) in [6.45, 7) is 5.55. The van der Waals surface area contributed by atoms with Crippen molar-refractivity contribution in [3.05, 3.63) is 0 Å². The van der Waals surface area contributed by atoms with Crippen molar-refractivity contribution >= 4 is 5.97 Å². The highest BCUT2D eigenvalue weighted by Gasteiger charge is 2.01. The highest BCUT2D eigenvalue weighted by atomic mass is 16.5. The van der Waals surface area contributed by atoms with Gasteiger partial charge in [0.05, 0.1) is 13.0 Å². The van der Waals surface area contributed by atoms with E-state index < -0.39 is 0 Å². The maximum absolute atomic E-state index is 11.4. The van der Waals surface area contributed by atoms with E-state index in [1.807, 2.05) is 0 Å². The van der Waals surface area contributed by atoms with Crippen LogP contribution in [0, 0.1) is 0 Å². The molecule has 0 bridgehead atoms. The quantitative estimate of drug-likeness (QED) is 0.413. The average Bonchev–Trinajstić information content (AvgIpc) is 2.37. The summed E-state index contributed by atoms with van der Waals surface area (Å²) < 4.78 is 5.18. The molecule has 0 saturated carbocycles. The third kappa shape index (κ3) is 15.3. The Kier molecular flexibility index (Phi) is 13.4. The van der Waals surface area contributed by atoms with Crippen molar-refractivity contribution in [1.29, 1.82) is 0 Å². The minimum Gasteiger partial charge on any atom is -0.466 e. The molecule has 114 valence electrons. The first-order valence-electron chi connectivity index (χ1n) is 7.68. The molecule has 0 aliphatic carbocycles. The van der Waals surface area contributed by atoms with Crippen LogP contribution in [0.15, 0.2) is 0 Å². The maximum atomic E-state index is 11.4. The fourth-order valence-corrected chi connectivity index (χ4v) is 1.80. The zero-order valence-corrected chi connectivity index (χ0v) is 13.0. The third-order valence-electron chi connectivity index (χ3n) is 2.98. The van der Waals surface area contributed by atoms with Crippen LogP contribution in [0.4, 0.5) is 0 Å². The second-order valence-corrected chi connectivity index (χ2v) is 5.29. The van der Waals surface area contributed by atoms with E-state index in [9.17, 15) is 4.79 Å². The van der Waals surface area contributed by atoms with E-state index in [4.69, 9.17) is 4.74 Å². The highest BCUT2D eigenvalue weighted by molar-refractivity contribution is 5.69. The van der Waals surface area contributed by atoms with E-state index >= 15 is 0 Å². The summed E-state index contributed by atoms with van der Waals surface area (Å²) >= 11 is 0. The molecule has 0 saturated heterocycles. The van der Waals surface area contributed by atoms with Crippen LogP contribution in [-0.4, -0.2) is 51.2 Å². The number of nitrogens with one attached hydrogen (secondary N) is 1. The van der Waals surface area contributed by atoms with Gasteiger partial charge in [-0.3, -0.25) is 4.79 Å². The number of rotatable bonds is 13. The Hall–Kier alpha value is -0.610. The van der Waals surface area contributed by atoms with Crippen molar-refractivity contribution in [2.75, 3.05) is 40.3 Å². The highest BCUT2D eigenvalue weighted by Crippen LogP contribution is 2.02. The van der Waals surface area contributed by atoms with Gasteiger partial charge in [0.15, 0.2) is 0 Å². The minimum absolute atomic E-state index is 0.0735. The van der Waals surface area contributed by atoms with E-state index in [-0.39, 0.29) is 5.97 Å². The Morgan fingerprint density at radius 2 is 1.79 bits per heavy atom. The summed E-state index contributed by atoms with van der Waals surface area (Å²) in [5.74, 6) is -0.0735. The molecule has 0 aromatic carbocycles. The zero-order valence-electron chi connectivity index (χ0n) is 13.0. The Labute approximate surface area is 118 Å². The van der Waals surface area contributed by atoms with Crippen LogP contribution in [0.1, 0.15) is 51.9 Å². The molecule has 0 aromatic heterocycles. The van der Waals surface area contributed by atoms with Gasteiger partial charge in [-0.1, -0.05) is 32.6 Å². The normalized spacial score (nSPS) is 10.9. The third-order valence-corrected chi connectivity index (χ3v) is 2.98. The molecular weight excluding hydrogens is 240 g/mol. The molecule has 0 fully saturated rings. The van der Waals surface area contributed by atoms with Gasteiger partial charge in [-0.25, -0.2) is 0 Å². The summed E-state index contributed by atoms with van der Waals surface area (Å²) in [6.07, 6.45) is 7.55. The van der Waals surface area contributed by atoms with Gasteiger partial charge in [0, 0.05) is 6.54 Å². The van der Waals surface area contributed by atoms with Crippen LogP contribution in [-0.2, 0) is 9.53 Å². The predicted octanol–water partition coefficient (Wildman–Crippen LogP) is 2.43. The fraction of sp³-hybridized carbons (Fsp3) is 0.933. The molecule has 1 N–H and O–H groups in total. The molecule has 0 aliphatic rings. The van der Waals surface area contributed by atoms with Crippen LogP contribution in [0.3, 0.4) is 0 Å². The van der Waals surface area contributed by atoms with Gasteiger partial charge in [0.25, 0.3) is 0 Å². The number of carbonyl (C=O) groups excluding carboxylic acids is 1. The summed E-state index contributed by atoms with van der Waals surface area (Å²) in [6, 6.07) is 0. The standard InChI is InChI=1S/C15H32N2O2/c1-4-5-6-7-8-14-19-15(18)10-12-16-11-9-13-17(2)3/h16H,4-14H2,1-3H3. The number of carbonyl (C=O) groups is 1. The molecule has 0 unspecified atom stereocenters. The smallest absolute Gasteiger partial charge is 0.307 e. The molecule has 4 nitrogen and oxygen atoms in total. The van der Waals surface area contributed by atoms with E-state index in [0.717, 1.165) is 32.5 Å². The Bertz CT molecular complexity index is 208. The molecule has 0 spiro atoms. The molecular formula is C15H32N2O2. The number of unbranched alkanes of at least 4 members (excludes halogenated alkanes) is 4. The van der Waals surface area contributed by atoms with E-state index in [2.05, 4.69) is 31.2 Å². The molecule has 0 heterocycles. The Morgan fingerprint density at radius 1 is 1.05 bits per heavy atom. The van der Waals surface area contributed by atoms with Crippen LogP contribution in [0.5, 0.6) is 0 Å². The zero-order chi connectivity index (χ0) is 14.3. The lowest BCUT2D eigenvalue weighted by molar-refractivity contribution is -0.143. The van der Waals surface area contributed by atoms with Crippen LogP contribution in [0.2, 0.25) is 0 Å². The van der Waals surface area contributed by atoms with Crippen molar-refractivity contribution in [2.45, 2.75) is 51.9 Å². The van der Waals surface area contributed by atoms with Gasteiger partial charge in [-0.2, -0.15) is 0 Å². The summed E-state index contributed by atoms with van der Waals surface area (Å²) in [5.41, 5.74) is 0. The summed E-state index contributed by atoms with van der Waals surface area (Å²) in [5, 5.41) is 3.26. The fourth-order valence-electron chi connectivity index (χ4n) is 1.80. The van der Waals surface area contributed by atoms with Gasteiger partial charge >= 0.3 is 5.97 Å². The van der Waals surface area contributed by atoms with Crippen molar-refractivity contribution in [2.24, 2.45) is 0 Å². The average molecular weight is 272 g/mol. The van der Waals surface area contributed by atoms with Gasteiger partial charge < -0.3 is 15.0 Å². The lowest BCUT2D eigenvalue weighted by atomic mass is 10.2. The number of esters is 1. The topological polar surface area (TPSA) is 41.6 Å². The minimum atomic E-state index is -0.0735. The largest absolute Gasteiger partial charge is 0.466 e.